The average Bonchev–Trinajstić information content (AvgIpc) is 2.48. The number of carboxylic acid groups (broad SMARTS) is 1. The summed E-state index contributed by atoms with van der Waals surface area (Å²) in [5.74, 6) is -0.517. The van der Waals surface area contributed by atoms with Crippen LogP contribution in [0.5, 0.6) is 11.6 Å². The van der Waals surface area contributed by atoms with Gasteiger partial charge in [0.15, 0.2) is 0 Å². The van der Waals surface area contributed by atoms with Crippen molar-refractivity contribution in [1.82, 2.24) is 4.98 Å². The van der Waals surface area contributed by atoms with Crippen LogP contribution in [0.2, 0.25) is 5.02 Å². The summed E-state index contributed by atoms with van der Waals surface area (Å²) < 4.78 is 10.5. The second kappa shape index (κ2) is 7.06. The van der Waals surface area contributed by atoms with Gasteiger partial charge in [-0.15, -0.1) is 0 Å². The van der Waals surface area contributed by atoms with Crippen molar-refractivity contribution >= 4 is 17.6 Å². The van der Waals surface area contributed by atoms with Gasteiger partial charge in [-0.1, -0.05) is 23.7 Å². The van der Waals surface area contributed by atoms with E-state index in [1.165, 1.54) is 12.3 Å². The van der Waals surface area contributed by atoms with Crippen LogP contribution in [-0.4, -0.2) is 29.8 Å². The Hall–Kier alpha value is -2.11. The summed E-state index contributed by atoms with van der Waals surface area (Å²) in [4.78, 5) is 14.9. The second-order valence-corrected chi connectivity index (χ2v) is 4.65. The van der Waals surface area contributed by atoms with Crippen LogP contribution < -0.4 is 4.74 Å². The van der Waals surface area contributed by atoms with Crippen molar-refractivity contribution in [2.24, 2.45) is 0 Å². The summed E-state index contributed by atoms with van der Waals surface area (Å²) in [5, 5.41) is 8.98. The fraction of sp³-hybridized carbons (Fsp3) is 0.200. The fourth-order valence-corrected chi connectivity index (χ4v) is 1.95. The zero-order chi connectivity index (χ0) is 15.2. The third-order valence-corrected chi connectivity index (χ3v) is 3.19. The predicted molar refractivity (Wildman–Crippen MR) is 78.3 cm³/mol. The first-order valence-corrected chi connectivity index (χ1v) is 6.63. The van der Waals surface area contributed by atoms with Crippen LogP contribution in [-0.2, 0) is 11.2 Å². The Morgan fingerprint density at radius 2 is 2.00 bits per heavy atom. The summed E-state index contributed by atoms with van der Waals surface area (Å²) >= 11 is 5.97. The van der Waals surface area contributed by atoms with E-state index >= 15 is 0 Å². The number of benzene rings is 1. The SMILES string of the molecule is COCCc1ccc(Oc2nccc(C(=O)O)c2Cl)cc1. The molecule has 0 bridgehead atoms. The van der Waals surface area contributed by atoms with E-state index in [9.17, 15) is 4.79 Å². The topological polar surface area (TPSA) is 68.7 Å². The molecule has 1 heterocycles. The van der Waals surface area contributed by atoms with E-state index in [4.69, 9.17) is 26.2 Å². The molecule has 1 N–H and O–H groups in total. The van der Waals surface area contributed by atoms with Crippen LogP contribution >= 0.6 is 11.6 Å². The summed E-state index contributed by atoms with van der Waals surface area (Å²) in [7, 11) is 1.65. The van der Waals surface area contributed by atoms with E-state index in [1.807, 2.05) is 12.1 Å². The lowest BCUT2D eigenvalue weighted by Gasteiger charge is -2.08. The number of hydrogen-bond donors (Lipinski definition) is 1. The summed E-state index contributed by atoms with van der Waals surface area (Å²) in [5.41, 5.74) is 1.07. The minimum absolute atomic E-state index is 0.0199. The molecule has 2 rings (SSSR count). The Bertz CT molecular complexity index is 628. The smallest absolute Gasteiger partial charge is 0.337 e. The number of carboxylic acids is 1. The molecular weight excluding hydrogens is 294 g/mol. The minimum Gasteiger partial charge on any atom is -0.478 e. The van der Waals surface area contributed by atoms with Crippen molar-refractivity contribution in [3.05, 3.63) is 52.7 Å². The van der Waals surface area contributed by atoms with Crippen molar-refractivity contribution in [1.29, 1.82) is 0 Å². The average molecular weight is 308 g/mol. The van der Waals surface area contributed by atoms with Crippen molar-refractivity contribution in [2.45, 2.75) is 6.42 Å². The third kappa shape index (κ3) is 3.93. The maximum atomic E-state index is 11.0. The van der Waals surface area contributed by atoms with Gasteiger partial charge in [-0.05, 0) is 30.2 Å². The summed E-state index contributed by atoms with van der Waals surface area (Å²) in [6.45, 7) is 0.647. The van der Waals surface area contributed by atoms with Crippen LogP contribution in [0.1, 0.15) is 15.9 Å². The molecule has 0 fully saturated rings. The molecule has 0 saturated carbocycles. The van der Waals surface area contributed by atoms with E-state index in [0.29, 0.717) is 12.4 Å². The largest absolute Gasteiger partial charge is 0.478 e. The fourth-order valence-electron chi connectivity index (χ4n) is 1.72. The zero-order valence-electron chi connectivity index (χ0n) is 11.4. The number of aromatic nitrogens is 1. The maximum absolute atomic E-state index is 11.0. The number of rotatable bonds is 6. The van der Waals surface area contributed by atoms with Crippen LogP contribution in [0, 0.1) is 0 Å². The molecule has 1 aromatic carbocycles. The molecule has 0 unspecified atom stereocenters. The summed E-state index contributed by atoms with van der Waals surface area (Å²) in [6, 6.07) is 8.69. The number of aromatic carboxylic acids is 1. The molecule has 0 radical (unpaired) electrons. The highest BCUT2D eigenvalue weighted by atomic mass is 35.5. The van der Waals surface area contributed by atoms with Gasteiger partial charge in [-0.3, -0.25) is 0 Å². The molecule has 0 saturated heterocycles. The minimum atomic E-state index is -1.12. The van der Waals surface area contributed by atoms with Gasteiger partial charge in [-0.2, -0.15) is 0 Å². The highest BCUT2D eigenvalue weighted by Gasteiger charge is 2.14. The molecule has 2 aromatic rings. The Morgan fingerprint density at radius 1 is 1.29 bits per heavy atom. The Morgan fingerprint density at radius 3 is 2.62 bits per heavy atom. The molecule has 21 heavy (non-hydrogen) atoms. The first kappa shape index (κ1) is 15.3. The van der Waals surface area contributed by atoms with Crippen molar-refractivity contribution in [3.8, 4) is 11.6 Å². The van der Waals surface area contributed by atoms with Crippen molar-refractivity contribution in [2.75, 3.05) is 13.7 Å². The van der Waals surface area contributed by atoms with Gasteiger partial charge >= 0.3 is 5.97 Å². The van der Waals surface area contributed by atoms with Gasteiger partial charge in [0.25, 0.3) is 0 Å². The van der Waals surface area contributed by atoms with Gasteiger partial charge in [0.1, 0.15) is 10.8 Å². The van der Waals surface area contributed by atoms with Gasteiger partial charge in [0, 0.05) is 13.3 Å². The number of nitrogens with zero attached hydrogens (tertiary/aromatic N) is 1. The monoisotopic (exact) mass is 307 g/mol. The molecular formula is C15H14ClNO4. The number of halogens is 1. The van der Waals surface area contributed by atoms with Crippen LogP contribution in [0.3, 0.4) is 0 Å². The molecule has 0 amide bonds. The molecule has 0 spiro atoms. The van der Waals surface area contributed by atoms with E-state index in [0.717, 1.165) is 12.0 Å². The number of carbonyl (C=O) groups is 1. The maximum Gasteiger partial charge on any atom is 0.337 e. The van der Waals surface area contributed by atoms with E-state index in [1.54, 1.807) is 19.2 Å². The van der Waals surface area contributed by atoms with Crippen molar-refractivity contribution in [3.63, 3.8) is 0 Å². The van der Waals surface area contributed by atoms with E-state index in [2.05, 4.69) is 4.98 Å². The van der Waals surface area contributed by atoms with E-state index in [-0.39, 0.29) is 16.5 Å². The number of hydrogen-bond acceptors (Lipinski definition) is 4. The summed E-state index contributed by atoms with van der Waals surface area (Å²) in [6.07, 6.45) is 2.15. The lowest BCUT2D eigenvalue weighted by Crippen LogP contribution is -2.00. The van der Waals surface area contributed by atoms with Crippen molar-refractivity contribution < 1.29 is 19.4 Å². The number of ether oxygens (including phenoxy) is 2. The molecule has 0 atom stereocenters. The van der Waals surface area contributed by atoms with Gasteiger partial charge < -0.3 is 14.6 Å². The molecule has 110 valence electrons. The van der Waals surface area contributed by atoms with Gasteiger partial charge in [-0.25, -0.2) is 9.78 Å². The van der Waals surface area contributed by atoms with Crippen LogP contribution in [0.25, 0.3) is 0 Å². The lowest BCUT2D eigenvalue weighted by molar-refractivity contribution is 0.0696. The Labute approximate surface area is 127 Å². The number of methoxy groups -OCH3 is 1. The zero-order valence-corrected chi connectivity index (χ0v) is 12.1. The van der Waals surface area contributed by atoms with Crippen LogP contribution in [0.15, 0.2) is 36.5 Å². The first-order chi connectivity index (χ1) is 10.1. The highest BCUT2D eigenvalue weighted by Crippen LogP contribution is 2.29. The second-order valence-electron chi connectivity index (χ2n) is 4.27. The molecule has 0 aliphatic rings. The Kier molecular flexibility index (Phi) is 5.14. The third-order valence-electron chi connectivity index (χ3n) is 2.82. The normalized spacial score (nSPS) is 10.4. The molecule has 0 aliphatic heterocycles. The highest BCUT2D eigenvalue weighted by molar-refractivity contribution is 6.34. The molecule has 6 heteroatoms. The van der Waals surface area contributed by atoms with E-state index < -0.39 is 5.97 Å². The first-order valence-electron chi connectivity index (χ1n) is 6.25. The Balaban J connectivity index is 2.15. The standard InChI is InChI=1S/C15H14ClNO4/c1-20-9-7-10-2-4-11(5-3-10)21-14-13(16)12(15(18)19)6-8-17-14/h2-6,8H,7,9H2,1H3,(H,18,19). The predicted octanol–water partition coefficient (Wildman–Crippen LogP) is 3.41. The van der Waals surface area contributed by atoms with Gasteiger partial charge in [0.2, 0.25) is 5.88 Å². The number of pyridine rings is 1. The van der Waals surface area contributed by atoms with Crippen LogP contribution in [0.4, 0.5) is 0 Å². The quantitative estimate of drug-likeness (QED) is 0.885. The molecule has 5 nitrogen and oxygen atoms in total. The lowest BCUT2D eigenvalue weighted by atomic mass is 10.1. The molecule has 1 aromatic heterocycles. The van der Waals surface area contributed by atoms with Gasteiger partial charge in [0.05, 0.1) is 12.2 Å². The molecule has 0 aliphatic carbocycles.